The Hall–Kier alpha value is -1.26. The number of primary amides is 1. The second-order valence-electron chi connectivity index (χ2n) is 4.80. The van der Waals surface area contributed by atoms with Gasteiger partial charge in [-0.1, -0.05) is 37.9 Å². The summed E-state index contributed by atoms with van der Waals surface area (Å²) >= 11 is 6.30. The average molecular weight is 298 g/mol. The Kier molecular flexibility index (Phi) is 7.41. The van der Waals surface area contributed by atoms with Gasteiger partial charge in [0.05, 0.1) is 6.54 Å². The molecule has 5 heteroatoms. The molecule has 0 saturated carbocycles. The molecule has 0 aliphatic heterocycles. The van der Waals surface area contributed by atoms with Crippen LogP contribution in [0.3, 0.4) is 0 Å². The molecule has 4 nitrogen and oxygen atoms in total. The zero-order valence-corrected chi connectivity index (χ0v) is 13.0. The first-order valence-corrected chi connectivity index (χ1v) is 7.48. The van der Waals surface area contributed by atoms with Gasteiger partial charge in [0, 0.05) is 23.8 Å². The van der Waals surface area contributed by atoms with E-state index in [1.807, 2.05) is 23.1 Å². The SMILES string of the molecule is CCCCN(CC(N)=O)c1ccc(CNCC)c(Cl)c1. The van der Waals surface area contributed by atoms with Crippen LogP contribution in [0.2, 0.25) is 5.02 Å². The summed E-state index contributed by atoms with van der Waals surface area (Å²) in [6.07, 6.45) is 2.09. The first-order valence-electron chi connectivity index (χ1n) is 7.10. The largest absolute Gasteiger partial charge is 0.368 e. The number of amides is 1. The van der Waals surface area contributed by atoms with Crippen LogP contribution in [0, 0.1) is 0 Å². The lowest BCUT2D eigenvalue weighted by atomic mass is 10.1. The lowest BCUT2D eigenvalue weighted by molar-refractivity contribution is -0.116. The van der Waals surface area contributed by atoms with Crippen molar-refractivity contribution in [1.82, 2.24) is 5.32 Å². The number of nitrogens with zero attached hydrogens (tertiary/aromatic N) is 1. The maximum atomic E-state index is 11.2. The number of unbranched alkanes of at least 4 members (excludes halogenated alkanes) is 1. The number of hydrogen-bond acceptors (Lipinski definition) is 3. The van der Waals surface area contributed by atoms with Gasteiger partial charge in [0.15, 0.2) is 0 Å². The van der Waals surface area contributed by atoms with Crippen molar-refractivity contribution in [2.24, 2.45) is 5.73 Å². The summed E-state index contributed by atoms with van der Waals surface area (Å²) in [6, 6.07) is 5.91. The van der Waals surface area contributed by atoms with Crippen molar-refractivity contribution in [1.29, 1.82) is 0 Å². The van der Waals surface area contributed by atoms with Crippen LogP contribution in [0.25, 0.3) is 0 Å². The highest BCUT2D eigenvalue weighted by molar-refractivity contribution is 6.31. The number of nitrogens with two attached hydrogens (primary N) is 1. The van der Waals surface area contributed by atoms with E-state index in [2.05, 4.69) is 19.2 Å². The summed E-state index contributed by atoms with van der Waals surface area (Å²) in [5.74, 6) is -0.325. The molecule has 20 heavy (non-hydrogen) atoms. The number of rotatable bonds is 9. The number of carbonyl (C=O) groups excluding carboxylic acids is 1. The van der Waals surface area contributed by atoms with Gasteiger partial charge in [-0.05, 0) is 30.7 Å². The van der Waals surface area contributed by atoms with E-state index in [1.165, 1.54) is 0 Å². The Labute approximate surface area is 126 Å². The highest BCUT2D eigenvalue weighted by Crippen LogP contribution is 2.24. The topological polar surface area (TPSA) is 58.4 Å². The monoisotopic (exact) mass is 297 g/mol. The molecule has 0 spiro atoms. The standard InChI is InChI=1S/C15H24ClN3O/c1-3-5-8-19(11-15(17)20)13-7-6-12(10-18-4-2)14(16)9-13/h6-7,9,18H,3-5,8,10-11H2,1-2H3,(H2,17,20). The van der Waals surface area contributed by atoms with Gasteiger partial charge in [-0.3, -0.25) is 4.79 Å². The molecule has 0 bridgehead atoms. The number of carbonyl (C=O) groups is 1. The fourth-order valence-electron chi connectivity index (χ4n) is 1.97. The predicted octanol–water partition coefficient (Wildman–Crippen LogP) is 2.54. The Bertz CT molecular complexity index is 437. The zero-order chi connectivity index (χ0) is 15.0. The van der Waals surface area contributed by atoms with Crippen LogP contribution >= 0.6 is 11.6 Å². The van der Waals surface area contributed by atoms with Gasteiger partial charge in [-0.15, -0.1) is 0 Å². The van der Waals surface area contributed by atoms with Crippen LogP contribution in [0.5, 0.6) is 0 Å². The molecule has 112 valence electrons. The molecule has 0 aromatic heterocycles. The number of anilines is 1. The molecule has 1 aromatic rings. The first kappa shape index (κ1) is 16.8. The molecule has 0 aliphatic carbocycles. The average Bonchev–Trinajstić information content (AvgIpc) is 2.41. The van der Waals surface area contributed by atoms with E-state index in [9.17, 15) is 4.79 Å². The van der Waals surface area contributed by atoms with Gasteiger partial charge in [-0.25, -0.2) is 0 Å². The maximum Gasteiger partial charge on any atom is 0.236 e. The molecular weight excluding hydrogens is 274 g/mol. The second-order valence-corrected chi connectivity index (χ2v) is 5.20. The molecule has 0 aliphatic rings. The third kappa shape index (κ3) is 5.39. The molecule has 0 atom stereocenters. The maximum absolute atomic E-state index is 11.2. The summed E-state index contributed by atoms with van der Waals surface area (Å²) < 4.78 is 0. The van der Waals surface area contributed by atoms with E-state index in [0.717, 1.165) is 48.7 Å². The number of hydrogen-bond donors (Lipinski definition) is 2. The van der Waals surface area contributed by atoms with E-state index < -0.39 is 0 Å². The molecule has 0 heterocycles. The molecule has 0 unspecified atom stereocenters. The van der Waals surface area contributed by atoms with Crippen molar-refractivity contribution in [3.8, 4) is 0 Å². The van der Waals surface area contributed by atoms with Crippen molar-refractivity contribution in [2.75, 3.05) is 24.5 Å². The highest BCUT2D eigenvalue weighted by atomic mass is 35.5. The van der Waals surface area contributed by atoms with Crippen LogP contribution < -0.4 is 16.0 Å². The summed E-state index contributed by atoms with van der Waals surface area (Å²) in [5, 5.41) is 3.97. The number of nitrogens with one attached hydrogen (secondary N) is 1. The van der Waals surface area contributed by atoms with Crippen LogP contribution in [-0.4, -0.2) is 25.5 Å². The third-order valence-electron chi connectivity index (χ3n) is 3.10. The zero-order valence-electron chi connectivity index (χ0n) is 12.3. The minimum Gasteiger partial charge on any atom is -0.368 e. The Morgan fingerprint density at radius 1 is 1.40 bits per heavy atom. The quantitative estimate of drug-likeness (QED) is 0.736. The number of benzene rings is 1. The van der Waals surface area contributed by atoms with Crippen LogP contribution in [-0.2, 0) is 11.3 Å². The van der Waals surface area contributed by atoms with Gasteiger partial charge < -0.3 is 16.0 Å². The van der Waals surface area contributed by atoms with Gasteiger partial charge in [-0.2, -0.15) is 0 Å². The van der Waals surface area contributed by atoms with E-state index in [0.29, 0.717) is 0 Å². The molecule has 0 radical (unpaired) electrons. The Morgan fingerprint density at radius 3 is 2.70 bits per heavy atom. The minimum absolute atomic E-state index is 0.225. The number of halogens is 1. The van der Waals surface area contributed by atoms with Crippen LogP contribution in [0.1, 0.15) is 32.3 Å². The van der Waals surface area contributed by atoms with E-state index in [-0.39, 0.29) is 12.5 Å². The van der Waals surface area contributed by atoms with Crippen LogP contribution in [0.15, 0.2) is 18.2 Å². The molecular formula is C15H24ClN3O. The minimum atomic E-state index is -0.325. The fourth-order valence-corrected chi connectivity index (χ4v) is 2.21. The molecule has 3 N–H and O–H groups in total. The van der Waals surface area contributed by atoms with Gasteiger partial charge in [0.25, 0.3) is 0 Å². The third-order valence-corrected chi connectivity index (χ3v) is 3.45. The van der Waals surface area contributed by atoms with Gasteiger partial charge >= 0.3 is 0 Å². The summed E-state index contributed by atoms with van der Waals surface area (Å²) in [6.45, 7) is 6.87. The van der Waals surface area contributed by atoms with Gasteiger partial charge in [0.1, 0.15) is 0 Å². The van der Waals surface area contributed by atoms with E-state index >= 15 is 0 Å². The molecule has 0 fully saturated rings. The Balaban J connectivity index is 2.84. The van der Waals surface area contributed by atoms with Crippen molar-refractivity contribution >= 4 is 23.2 Å². The van der Waals surface area contributed by atoms with E-state index in [4.69, 9.17) is 17.3 Å². The smallest absolute Gasteiger partial charge is 0.236 e. The summed E-state index contributed by atoms with van der Waals surface area (Å²) in [5.41, 5.74) is 7.32. The normalized spacial score (nSPS) is 10.6. The lowest BCUT2D eigenvalue weighted by Gasteiger charge is -2.24. The van der Waals surface area contributed by atoms with E-state index in [1.54, 1.807) is 0 Å². The Morgan fingerprint density at radius 2 is 2.15 bits per heavy atom. The van der Waals surface area contributed by atoms with Crippen molar-refractivity contribution in [3.63, 3.8) is 0 Å². The molecule has 1 amide bonds. The highest BCUT2D eigenvalue weighted by Gasteiger charge is 2.11. The fraction of sp³-hybridized carbons (Fsp3) is 0.533. The van der Waals surface area contributed by atoms with Crippen molar-refractivity contribution in [3.05, 3.63) is 28.8 Å². The van der Waals surface area contributed by atoms with Gasteiger partial charge in [0.2, 0.25) is 5.91 Å². The first-order chi connectivity index (χ1) is 9.58. The van der Waals surface area contributed by atoms with Crippen LogP contribution in [0.4, 0.5) is 5.69 Å². The van der Waals surface area contributed by atoms with Crippen molar-refractivity contribution < 1.29 is 4.79 Å². The summed E-state index contributed by atoms with van der Waals surface area (Å²) in [7, 11) is 0. The second kappa shape index (κ2) is 8.82. The molecule has 1 rings (SSSR count). The lowest BCUT2D eigenvalue weighted by Crippen LogP contribution is -2.34. The summed E-state index contributed by atoms with van der Waals surface area (Å²) in [4.78, 5) is 13.2. The predicted molar refractivity (Wildman–Crippen MR) is 85.1 cm³/mol. The molecule has 1 aromatic carbocycles. The van der Waals surface area contributed by atoms with Crippen molar-refractivity contribution in [2.45, 2.75) is 33.2 Å². The molecule has 0 saturated heterocycles.